The standard InChI is InChI=1S/C31H37ClN2O2.C31H33ClN2O2.C29H33ClN2O3.C28H33ClN2O2/c1-36-29-5-2-4-27-28(31(35)23-10-11-23)20-33(30(27)29)16-3-17-34-25-14-15-26(34)19-22(18-25)7-6-21-8-12-24(32)13-9-21;1-36-29-16-7-14-26-27(31(35)24-11-3-2-4-12-24)22-34(30(26)29)19-9-18-33-17-8-10-23(21-33)20-25-13-5-6-15-28(25)32;1-34-27-9-4-6-23-24(29(33)19-10-11-19)18-31(28(23)27)14-5-15-32-20-12-13-21(32)17-22(16-20)35-26-8-3-2-7-25(26)30;1-33-26-11-4-9-23-24(28(32)21-12-13-21)19-31(27(23)26)16-6-15-30-14-5-7-20(18-30)17-22-8-2-3-10-25(22)29/h2,4-5,8-9,12-13,20,22-23,25-26H,3,6-7,10-11,14-19H2,1H3;2-7,11-16,22-23H,8-10,17-21H2,1H3;2-4,6-9,18-22H,5,10-17H2,1H3;2-4,8-11,19-21H,5-7,12-18H2,1H3. The molecule has 9 fully saturated rings. The van der Waals surface area contributed by atoms with E-state index in [0.717, 1.165) is 296 Å². The number of halogens is 4. The lowest BCUT2D eigenvalue weighted by Crippen LogP contribution is -2.46. The molecule has 734 valence electrons. The van der Waals surface area contributed by atoms with E-state index in [9.17, 15) is 19.2 Å². The maximum Gasteiger partial charge on any atom is 0.195 e. The van der Waals surface area contributed by atoms with Gasteiger partial charge in [-0.1, -0.05) is 186 Å². The van der Waals surface area contributed by atoms with Crippen LogP contribution in [0, 0.1) is 35.5 Å². The van der Waals surface area contributed by atoms with Gasteiger partial charge in [-0.25, -0.2) is 0 Å². The molecule has 22 rings (SSSR count). The summed E-state index contributed by atoms with van der Waals surface area (Å²) >= 11 is 25.2. The number of carbonyl (C=O) groups excluding carboxylic acids is 4. The van der Waals surface area contributed by atoms with Crippen molar-refractivity contribution in [2.24, 2.45) is 35.5 Å². The lowest BCUT2D eigenvalue weighted by Gasteiger charge is -2.39. The summed E-state index contributed by atoms with van der Waals surface area (Å²) < 4.78 is 38.0. The van der Waals surface area contributed by atoms with E-state index in [4.69, 9.17) is 70.1 Å². The Balaban J connectivity index is 0.000000119. The molecule has 4 bridgehead atoms. The molecule has 13 aromatic rings. The van der Waals surface area contributed by atoms with E-state index in [1.807, 2.05) is 152 Å². The van der Waals surface area contributed by atoms with E-state index in [1.165, 1.54) is 93.9 Å². The van der Waals surface area contributed by atoms with Gasteiger partial charge in [-0.05, 0) is 288 Å². The average molecular weight is 1960 g/mol. The minimum Gasteiger partial charge on any atom is -0.495 e. The number of carbonyl (C=O) groups is 4. The molecule has 0 spiro atoms. The van der Waals surface area contributed by atoms with E-state index in [-0.39, 0.29) is 29.6 Å². The molecule has 0 N–H and O–H groups in total. The zero-order valence-electron chi connectivity index (χ0n) is 81.8. The first-order valence-electron chi connectivity index (χ1n) is 51.9. The Kier molecular flexibility index (Phi) is 32.4. The fourth-order valence-electron chi connectivity index (χ4n) is 24.1. The molecule has 6 aliphatic heterocycles. The minimum atomic E-state index is 0.0473. The van der Waals surface area contributed by atoms with Crippen molar-refractivity contribution in [3.63, 3.8) is 0 Å². The molecule has 17 nitrogen and oxygen atoms in total. The third-order valence-corrected chi connectivity index (χ3v) is 32.8. The van der Waals surface area contributed by atoms with Crippen LogP contribution in [0.15, 0.2) is 225 Å². The van der Waals surface area contributed by atoms with Crippen LogP contribution in [0.5, 0.6) is 28.7 Å². The maximum atomic E-state index is 13.3. The molecule has 21 heteroatoms. The number of hydrogen-bond acceptors (Lipinski definition) is 13. The maximum absolute atomic E-state index is 13.3. The Morgan fingerprint density at radius 1 is 0.336 bits per heavy atom. The molecule has 9 aliphatic rings. The van der Waals surface area contributed by atoms with E-state index in [1.54, 1.807) is 28.4 Å². The van der Waals surface area contributed by atoms with Crippen molar-refractivity contribution >= 4 is 113 Å². The Morgan fingerprint density at radius 3 is 1.09 bits per heavy atom. The van der Waals surface area contributed by atoms with E-state index in [0.29, 0.717) is 51.9 Å². The minimum absolute atomic E-state index is 0.0473. The monoisotopic (exact) mass is 1960 g/mol. The van der Waals surface area contributed by atoms with Gasteiger partial charge >= 0.3 is 0 Å². The zero-order chi connectivity index (χ0) is 96.3. The van der Waals surface area contributed by atoms with Crippen LogP contribution in [0.1, 0.15) is 211 Å². The lowest BCUT2D eigenvalue weighted by atomic mass is 9.86. The molecule has 6 saturated heterocycles. The molecular formula is C119H136Cl4N8O9. The second kappa shape index (κ2) is 46.0. The Hall–Kier alpha value is -10.2. The predicted molar refractivity (Wildman–Crippen MR) is 567 cm³/mol. The van der Waals surface area contributed by atoms with Gasteiger partial charge in [0.1, 0.15) is 34.9 Å². The fraction of sp³-hybridized carbons (Fsp3) is 0.445. The molecule has 0 radical (unpaired) electrons. The molecule has 6 unspecified atom stereocenters. The molecule has 140 heavy (non-hydrogen) atoms. The molecular weight excluding hydrogens is 1830 g/mol. The average Bonchev–Trinajstić information content (AvgIpc) is 1.62. The van der Waals surface area contributed by atoms with Gasteiger partial charge in [0.05, 0.1) is 55.5 Å². The van der Waals surface area contributed by atoms with E-state index < -0.39 is 0 Å². The summed E-state index contributed by atoms with van der Waals surface area (Å²) in [5.74, 6) is 7.91. The SMILES string of the molecule is COc1cccc2c(C(=O)C3CC3)cn(CCCN3C4CCC3CC(CCc3ccc(Cl)cc3)C4)c12.COc1cccc2c(C(=O)C3CC3)cn(CCCN3C4CCC3CC(Oc3ccccc3Cl)C4)c12.COc1cccc2c(C(=O)C3CC3)cn(CCCN3CCCC(Cc4ccccc4Cl)C3)c12.COc1cccc2c(C(=O)c3ccccc3)cn(CCCN3CCCC(Cc4ccccc4Cl)C3)c12. The molecule has 0 amide bonds. The number of hydrogen-bond donors (Lipinski definition) is 0. The molecule has 3 aliphatic carbocycles. The number of ether oxygens (including phenoxy) is 5. The fourth-order valence-corrected chi connectivity index (χ4v) is 24.8. The smallest absolute Gasteiger partial charge is 0.195 e. The van der Waals surface area contributed by atoms with Crippen molar-refractivity contribution < 1.29 is 42.9 Å². The van der Waals surface area contributed by atoms with Crippen molar-refractivity contribution in [2.75, 3.05) is 80.8 Å². The third kappa shape index (κ3) is 23.3. The molecule has 3 saturated carbocycles. The van der Waals surface area contributed by atoms with Crippen molar-refractivity contribution in [1.82, 2.24) is 37.9 Å². The molecule has 10 heterocycles. The number of aromatic nitrogens is 4. The summed E-state index contributed by atoms with van der Waals surface area (Å²) in [5, 5.41) is 7.33. The van der Waals surface area contributed by atoms with Gasteiger partial charge in [-0.3, -0.25) is 29.0 Å². The van der Waals surface area contributed by atoms with Gasteiger partial charge in [-0.15, -0.1) is 0 Å². The zero-order valence-corrected chi connectivity index (χ0v) is 84.9. The Labute approximate surface area is 846 Å². The van der Waals surface area contributed by atoms with Crippen LogP contribution >= 0.6 is 46.4 Å². The van der Waals surface area contributed by atoms with Crippen molar-refractivity contribution in [3.8, 4) is 28.7 Å². The number of para-hydroxylation sites is 5. The number of benzene rings is 9. The van der Waals surface area contributed by atoms with Gasteiger partial charge in [-0.2, -0.15) is 0 Å². The second-order valence-corrected chi connectivity index (χ2v) is 42.7. The highest BCUT2D eigenvalue weighted by atomic mass is 35.5. The second-order valence-electron chi connectivity index (χ2n) is 41.0. The van der Waals surface area contributed by atoms with Crippen LogP contribution in [0.25, 0.3) is 43.6 Å². The van der Waals surface area contributed by atoms with Crippen molar-refractivity contribution in [3.05, 3.63) is 290 Å². The van der Waals surface area contributed by atoms with Crippen LogP contribution < -0.4 is 23.7 Å². The summed E-state index contributed by atoms with van der Waals surface area (Å²) in [6.45, 7) is 12.4. The van der Waals surface area contributed by atoms with E-state index >= 15 is 0 Å². The highest BCUT2D eigenvalue weighted by Crippen LogP contribution is 2.46. The highest BCUT2D eigenvalue weighted by Gasteiger charge is 2.44. The van der Waals surface area contributed by atoms with Gasteiger partial charge < -0.3 is 51.8 Å². The van der Waals surface area contributed by atoms with Crippen LogP contribution in [0.3, 0.4) is 0 Å². The quantitative estimate of drug-likeness (QED) is 0.0341. The molecule has 4 aromatic heterocycles. The number of piperidine rings is 4. The lowest BCUT2D eigenvalue weighted by molar-refractivity contribution is 0.0482. The normalized spacial score (nSPS) is 20.9. The number of Topliss-reactive ketones (excluding diaryl/α,β-unsaturated/α-hetero) is 3. The number of likely N-dealkylation sites (tertiary alicyclic amines) is 2. The van der Waals surface area contributed by atoms with E-state index in [2.05, 4.69) is 111 Å². The van der Waals surface area contributed by atoms with Crippen LogP contribution in [-0.4, -0.2) is 172 Å². The number of ketones is 4. The molecule has 6 atom stereocenters. The summed E-state index contributed by atoms with van der Waals surface area (Å²) in [6.07, 6.45) is 38.4. The van der Waals surface area contributed by atoms with Crippen molar-refractivity contribution in [1.29, 1.82) is 0 Å². The predicted octanol–water partition coefficient (Wildman–Crippen LogP) is 26.6. The van der Waals surface area contributed by atoms with Crippen LogP contribution in [0.4, 0.5) is 0 Å². The summed E-state index contributed by atoms with van der Waals surface area (Å²) in [5.41, 5.74) is 12.2. The van der Waals surface area contributed by atoms with Crippen LogP contribution in [0.2, 0.25) is 20.1 Å². The van der Waals surface area contributed by atoms with Gasteiger partial charge in [0, 0.05) is 183 Å². The largest absolute Gasteiger partial charge is 0.495 e. The molecule has 9 aromatic carbocycles. The first kappa shape index (κ1) is 98.6. The number of nitrogens with zero attached hydrogens (tertiary/aromatic N) is 8. The van der Waals surface area contributed by atoms with Gasteiger partial charge in [0.15, 0.2) is 23.1 Å². The Morgan fingerprint density at radius 2 is 0.693 bits per heavy atom. The summed E-state index contributed by atoms with van der Waals surface area (Å²) in [4.78, 5) is 62.8. The first-order chi connectivity index (χ1) is 68.5. The van der Waals surface area contributed by atoms with Crippen molar-refractivity contribution in [2.45, 2.75) is 223 Å². The van der Waals surface area contributed by atoms with Gasteiger partial charge in [0.25, 0.3) is 0 Å². The summed E-state index contributed by atoms with van der Waals surface area (Å²) in [6, 6.07) is 68.9. The Bertz CT molecular complexity index is 6440. The van der Waals surface area contributed by atoms with Gasteiger partial charge in [0.2, 0.25) is 0 Å². The number of rotatable bonds is 37. The number of methoxy groups -OCH3 is 4. The summed E-state index contributed by atoms with van der Waals surface area (Å²) in [7, 11) is 6.84. The third-order valence-electron chi connectivity index (χ3n) is 31.5. The first-order valence-corrected chi connectivity index (χ1v) is 53.5. The highest BCUT2D eigenvalue weighted by molar-refractivity contribution is 6.32. The number of fused-ring (bicyclic) bond motifs is 8. The van der Waals surface area contributed by atoms with Crippen LogP contribution in [-0.2, 0) is 45.4 Å². The topological polar surface area (TPSA) is 147 Å². The number of aryl methyl sites for hydroxylation is 5.